The highest BCUT2D eigenvalue weighted by molar-refractivity contribution is 5.25. The Morgan fingerprint density at radius 2 is 1.94 bits per heavy atom. The monoisotopic (exact) mass is 223 g/mol. The highest BCUT2D eigenvalue weighted by Gasteiger charge is 2.30. The molecule has 1 heterocycles. The van der Waals surface area contributed by atoms with E-state index in [0.717, 1.165) is 24.5 Å². The summed E-state index contributed by atoms with van der Waals surface area (Å²) in [5.41, 5.74) is 1.56. The molecule has 0 aromatic carbocycles. The Kier molecular flexibility index (Phi) is 4.20. The Morgan fingerprint density at radius 3 is 2.31 bits per heavy atom. The summed E-state index contributed by atoms with van der Waals surface area (Å²) in [7, 11) is 0. The fraction of sp³-hybridized carbons (Fsp3) is 0.714. The zero-order chi connectivity index (χ0) is 12.3. The molecule has 1 unspecified atom stereocenters. The van der Waals surface area contributed by atoms with Gasteiger partial charge in [0.15, 0.2) is 0 Å². The smallest absolute Gasteiger partial charge is 0.105 e. The van der Waals surface area contributed by atoms with Crippen molar-refractivity contribution in [2.24, 2.45) is 5.41 Å². The molecule has 2 nitrogen and oxygen atoms in total. The number of nitrogens with one attached hydrogen (secondary N) is 1. The van der Waals surface area contributed by atoms with E-state index >= 15 is 0 Å². The average Bonchev–Trinajstić information content (AvgIpc) is 2.54. The summed E-state index contributed by atoms with van der Waals surface area (Å²) in [6, 6.07) is 2.54. The van der Waals surface area contributed by atoms with Gasteiger partial charge >= 0.3 is 0 Å². The molecule has 0 radical (unpaired) electrons. The Bertz CT molecular complexity index is 339. The third-order valence-electron chi connectivity index (χ3n) is 3.49. The number of hydrogen-bond acceptors (Lipinski definition) is 2. The molecule has 92 valence electrons. The van der Waals surface area contributed by atoms with Crippen LogP contribution >= 0.6 is 0 Å². The summed E-state index contributed by atoms with van der Waals surface area (Å²) in [5, 5.41) is 3.58. The summed E-state index contributed by atoms with van der Waals surface area (Å²) >= 11 is 0. The topological polar surface area (TPSA) is 25.2 Å². The van der Waals surface area contributed by atoms with Gasteiger partial charge in [-0.15, -0.1) is 0 Å². The van der Waals surface area contributed by atoms with Crippen molar-refractivity contribution in [3.05, 3.63) is 23.2 Å². The van der Waals surface area contributed by atoms with Crippen LogP contribution in [0.5, 0.6) is 0 Å². The van der Waals surface area contributed by atoms with Gasteiger partial charge in [0.2, 0.25) is 0 Å². The second-order valence-corrected chi connectivity index (χ2v) is 5.20. The summed E-state index contributed by atoms with van der Waals surface area (Å²) in [6.45, 7) is 14.1. The molecule has 2 heteroatoms. The maximum absolute atomic E-state index is 5.64. The van der Waals surface area contributed by atoms with Crippen molar-refractivity contribution in [3.63, 3.8) is 0 Å². The summed E-state index contributed by atoms with van der Waals surface area (Å²) in [5.74, 6) is 2.05. The van der Waals surface area contributed by atoms with Gasteiger partial charge in [0.25, 0.3) is 0 Å². The first-order chi connectivity index (χ1) is 7.42. The number of furan rings is 1. The lowest BCUT2D eigenvalue weighted by Crippen LogP contribution is -2.34. The van der Waals surface area contributed by atoms with E-state index in [1.165, 1.54) is 5.56 Å². The lowest BCUT2D eigenvalue weighted by atomic mass is 9.78. The number of hydrogen-bond donors (Lipinski definition) is 1. The van der Waals surface area contributed by atoms with E-state index in [4.69, 9.17) is 4.42 Å². The van der Waals surface area contributed by atoms with Crippen molar-refractivity contribution < 1.29 is 4.42 Å². The molecule has 0 aliphatic rings. The molecule has 0 aliphatic heterocycles. The largest absolute Gasteiger partial charge is 0.466 e. The fourth-order valence-corrected chi connectivity index (χ4v) is 2.15. The molecule has 0 bridgehead atoms. The van der Waals surface area contributed by atoms with Crippen LogP contribution in [0.15, 0.2) is 10.5 Å². The summed E-state index contributed by atoms with van der Waals surface area (Å²) in [4.78, 5) is 0. The molecule has 1 atom stereocenters. The predicted molar refractivity (Wildman–Crippen MR) is 68.7 cm³/mol. The SMILES string of the molecule is CCNC(c1cc(C)oc1C)C(C)(C)CC. The van der Waals surface area contributed by atoms with Crippen LogP contribution < -0.4 is 5.32 Å². The van der Waals surface area contributed by atoms with Gasteiger partial charge in [-0.3, -0.25) is 0 Å². The molecule has 1 rings (SSSR count). The standard InChI is InChI=1S/C14H25NO/c1-7-14(5,6)13(15-8-2)12-9-10(3)16-11(12)4/h9,13,15H,7-8H2,1-6H3. The third kappa shape index (κ3) is 2.67. The van der Waals surface area contributed by atoms with Crippen LogP contribution in [0.1, 0.15) is 57.2 Å². The average molecular weight is 223 g/mol. The number of rotatable bonds is 5. The van der Waals surface area contributed by atoms with Gasteiger partial charge in [-0.1, -0.05) is 27.7 Å². The van der Waals surface area contributed by atoms with E-state index in [-0.39, 0.29) is 5.41 Å². The minimum Gasteiger partial charge on any atom is -0.466 e. The van der Waals surface area contributed by atoms with E-state index in [1.54, 1.807) is 0 Å². The van der Waals surface area contributed by atoms with Crippen LogP contribution in [0, 0.1) is 19.3 Å². The maximum Gasteiger partial charge on any atom is 0.105 e. The second kappa shape index (κ2) is 5.05. The zero-order valence-electron chi connectivity index (χ0n) is 11.5. The second-order valence-electron chi connectivity index (χ2n) is 5.20. The lowest BCUT2D eigenvalue weighted by Gasteiger charge is -2.34. The Morgan fingerprint density at radius 1 is 1.31 bits per heavy atom. The fourth-order valence-electron chi connectivity index (χ4n) is 2.15. The van der Waals surface area contributed by atoms with Gasteiger partial charge in [0.05, 0.1) is 0 Å². The van der Waals surface area contributed by atoms with Crippen molar-refractivity contribution in [3.8, 4) is 0 Å². The number of aryl methyl sites for hydroxylation is 2. The van der Waals surface area contributed by atoms with E-state index in [1.807, 2.05) is 6.92 Å². The maximum atomic E-state index is 5.64. The van der Waals surface area contributed by atoms with Gasteiger partial charge in [-0.2, -0.15) is 0 Å². The van der Waals surface area contributed by atoms with Crippen LogP contribution in [-0.2, 0) is 0 Å². The lowest BCUT2D eigenvalue weighted by molar-refractivity contribution is 0.235. The quantitative estimate of drug-likeness (QED) is 0.816. The van der Waals surface area contributed by atoms with Gasteiger partial charge in [-0.25, -0.2) is 0 Å². The summed E-state index contributed by atoms with van der Waals surface area (Å²) < 4.78 is 5.64. The van der Waals surface area contributed by atoms with E-state index < -0.39 is 0 Å². The molecule has 0 spiro atoms. The molecule has 0 saturated heterocycles. The first-order valence-electron chi connectivity index (χ1n) is 6.22. The first kappa shape index (κ1) is 13.3. The minimum atomic E-state index is 0.247. The first-order valence-corrected chi connectivity index (χ1v) is 6.22. The van der Waals surface area contributed by atoms with E-state index in [0.29, 0.717) is 6.04 Å². The van der Waals surface area contributed by atoms with Crippen molar-refractivity contribution >= 4 is 0 Å². The van der Waals surface area contributed by atoms with Gasteiger partial charge in [0.1, 0.15) is 11.5 Å². The minimum absolute atomic E-state index is 0.247. The van der Waals surface area contributed by atoms with Gasteiger partial charge < -0.3 is 9.73 Å². The molecule has 1 N–H and O–H groups in total. The van der Waals surface area contributed by atoms with Crippen LogP contribution in [0.25, 0.3) is 0 Å². The Hall–Kier alpha value is -0.760. The van der Waals surface area contributed by atoms with Crippen molar-refractivity contribution in [1.29, 1.82) is 0 Å². The van der Waals surface area contributed by atoms with Crippen molar-refractivity contribution in [2.75, 3.05) is 6.54 Å². The molecular formula is C14H25NO. The van der Waals surface area contributed by atoms with Crippen LogP contribution in [0.3, 0.4) is 0 Å². The molecule has 16 heavy (non-hydrogen) atoms. The molecule has 0 fully saturated rings. The molecule has 0 aliphatic carbocycles. The van der Waals surface area contributed by atoms with E-state index in [2.05, 4.69) is 46.0 Å². The van der Waals surface area contributed by atoms with Gasteiger partial charge in [0, 0.05) is 11.6 Å². The van der Waals surface area contributed by atoms with Crippen molar-refractivity contribution in [1.82, 2.24) is 5.32 Å². The molecular weight excluding hydrogens is 198 g/mol. The predicted octanol–water partition coefficient (Wildman–Crippen LogP) is 3.98. The highest BCUT2D eigenvalue weighted by Crippen LogP contribution is 2.38. The van der Waals surface area contributed by atoms with Crippen molar-refractivity contribution in [2.45, 2.75) is 54.0 Å². The molecule has 0 saturated carbocycles. The molecule has 1 aromatic heterocycles. The Labute approximate surface area is 99.4 Å². The normalized spacial score (nSPS) is 14.1. The summed E-state index contributed by atoms with van der Waals surface area (Å²) in [6.07, 6.45) is 1.15. The van der Waals surface area contributed by atoms with Crippen LogP contribution in [-0.4, -0.2) is 6.54 Å². The zero-order valence-corrected chi connectivity index (χ0v) is 11.5. The van der Waals surface area contributed by atoms with Crippen LogP contribution in [0.4, 0.5) is 0 Å². The Balaban J connectivity index is 3.07. The third-order valence-corrected chi connectivity index (χ3v) is 3.49. The van der Waals surface area contributed by atoms with Gasteiger partial charge in [-0.05, 0) is 38.3 Å². The van der Waals surface area contributed by atoms with Crippen LogP contribution in [0.2, 0.25) is 0 Å². The van der Waals surface area contributed by atoms with E-state index in [9.17, 15) is 0 Å². The highest BCUT2D eigenvalue weighted by atomic mass is 16.3. The molecule has 1 aromatic rings. The molecule has 0 amide bonds.